The quantitative estimate of drug-likeness (QED) is 0.138. The molecule has 2 aromatic heterocycles. The van der Waals surface area contributed by atoms with Gasteiger partial charge < -0.3 is 0 Å². The molecule has 0 aliphatic heterocycles. The lowest BCUT2D eigenvalue weighted by Gasteiger charge is -2.14. The Morgan fingerprint density at radius 1 is 0.466 bits per heavy atom. The normalized spacial score (nSPS) is 12.5. The van der Waals surface area contributed by atoms with E-state index in [0.717, 1.165) is 50.9 Å². The van der Waals surface area contributed by atoms with Crippen molar-refractivity contribution in [2.24, 2.45) is 0 Å². The molecule has 9 rings (SSSR count). The lowest BCUT2D eigenvalue weighted by atomic mass is 9.90. The van der Waals surface area contributed by atoms with Crippen molar-refractivity contribution < 1.29 is 0 Å². The third-order valence-corrected chi connectivity index (χ3v) is 10.4. The van der Waals surface area contributed by atoms with Gasteiger partial charge >= 0.3 is 0 Å². The van der Waals surface area contributed by atoms with Gasteiger partial charge in [0.25, 0.3) is 0 Å². The van der Waals surface area contributed by atoms with Crippen LogP contribution in [0.5, 0.6) is 0 Å². The van der Waals surface area contributed by atoms with Crippen molar-refractivity contribution in [1.82, 2.24) is 19.9 Å². The van der Waals surface area contributed by atoms with Gasteiger partial charge in [-0.1, -0.05) is 164 Å². The van der Waals surface area contributed by atoms with Gasteiger partial charge in [-0.3, -0.25) is 4.98 Å². The maximum absolute atomic E-state index is 5.08. The molecular formula is C54H40N4. The second kappa shape index (κ2) is 16.7. The van der Waals surface area contributed by atoms with Gasteiger partial charge in [0.1, 0.15) is 0 Å². The summed E-state index contributed by atoms with van der Waals surface area (Å²) in [6, 6.07) is 49.5. The largest absolute Gasteiger partial charge is 0.264 e. The summed E-state index contributed by atoms with van der Waals surface area (Å²) in [4.78, 5) is 19.3. The minimum atomic E-state index is 0.587. The molecule has 0 spiro atoms. The Bertz CT molecular complexity index is 2880. The van der Waals surface area contributed by atoms with E-state index in [0.29, 0.717) is 17.5 Å². The molecule has 6 aromatic carbocycles. The molecule has 1 aliphatic rings. The van der Waals surface area contributed by atoms with Gasteiger partial charge in [-0.2, -0.15) is 0 Å². The van der Waals surface area contributed by atoms with Crippen LogP contribution in [0.3, 0.4) is 0 Å². The number of pyridine rings is 1. The van der Waals surface area contributed by atoms with Crippen LogP contribution in [0.15, 0.2) is 194 Å². The van der Waals surface area contributed by atoms with Crippen molar-refractivity contribution in [3.63, 3.8) is 0 Å². The summed E-state index contributed by atoms with van der Waals surface area (Å²) in [7, 11) is 0. The molecule has 0 N–H and O–H groups in total. The first-order valence-electron chi connectivity index (χ1n) is 19.6. The Balaban J connectivity index is 1.17. The lowest BCUT2D eigenvalue weighted by molar-refractivity contribution is 1.04. The number of fused-ring (bicyclic) bond motifs is 3. The van der Waals surface area contributed by atoms with Gasteiger partial charge in [-0.05, 0) is 116 Å². The predicted molar refractivity (Wildman–Crippen MR) is 243 cm³/mol. The smallest absolute Gasteiger partial charge is 0.164 e. The maximum atomic E-state index is 5.08. The van der Waals surface area contributed by atoms with E-state index in [1.807, 2.05) is 86.0 Å². The fourth-order valence-corrected chi connectivity index (χ4v) is 7.46. The fraction of sp³-hybridized carbons (Fsp3) is 0.0370. The van der Waals surface area contributed by atoms with Gasteiger partial charge in [0.15, 0.2) is 17.5 Å². The van der Waals surface area contributed by atoms with E-state index in [-0.39, 0.29) is 0 Å². The van der Waals surface area contributed by atoms with Crippen LogP contribution < -0.4 is 0 Å². The highest BCUT2D eigenvalue weighted by molar-refractivity contribution is 6.04. The lowest BCUT2D eigenvalue weighted by Crippen LogP contribution is -2.00. The highest BCUT2D eigenvalue weighted by Gasteiger charge is 2.15. The van der Waals surface area contributed by atoms with Crippen molar-refractivity contribution in [2.45, 2.75) is 13.3 Å². The number of hydrogen-bond acceptors (Lipinski definition) is 4. The molecule has 8 aromatic rings. The van der Waals surface area contributed by atoms with Gasteiger partial charge in [0.05, 0.1) is 0 Å². The maximum Gasteiger partial charge on any atom is 0.164 e. The van der Waals surface area contributed by atoms with Crippen molar-refractivity contribution in [3.05, 3.63) is 211 Å². The Hall–Kier alpha value is -7.56. The molecule has 2 heterocycles. The van der Waals surface area contributed by atoms with Crippen molar-refractivity contribution in [3.8, 4) is 67.3 Å². The van der Waals surface area contributed by atoms with E-state index in [4.69, 9.17) is 15.0 Å². The SMILES string of the molecule is C\C=C/C=C\C=C\c1nc(-c2ccccc2)nc(-c2cc(-c3ccc(-c4cccnc4)cc3)cc(-c3ccc(-c4cc5c(c6ccccc46)C=CCC=C5)cc3)c2)n1. The van der Waals surface area contributed by atoms with E-state index >= 15 is 0 Å². The predicted octanol–water partition coefficient (Wildman–Crippen LogP) is 14.0. The van der Waals surface area contributed by atoms with E-state index in [9.17, 15) is 0 Å². The highest BCUT2D eigenvalue weighted by Crippen LogP contribution is 2.38. The van der Waals surface area contributed by atoms with Crippen LogP contribution in [-0.4, -0.2) is 19.9 Å². The summed E-state index contributed by atoms with van der Waals surface area (Å²) < 4.78 is 0. The number of hydrogen-bond donors (Lipinski definition) is 0. The molecule has 276 valence electrons. The number of rotatable bonds is 9. The Labute approximate surface area is 339 Å². The number of benzene rings is 6. The zero-order chi connectivity index (χ0) is 39.1. The topological polar surface area (TPSA) is 51.6 Å². The van der Waals surface area contributed by atoms with Crippen LogP contribution in [0.1, 0.15) is 30.3 Å². The second-order valence-electron chi connectivity index (χ2n) is 14.2. The summed E-state index contributed by atoms with van der Waals surface area (Å²) in [5.74, 6) is 1.82. The van der Waals surface area contributed by atoms with Crippen LogP contribution in [0.4, 0.5) is 0 Å². The van der Waals surface area contributed by atoms with Crippen LogP contribution in [-0.2, 0) is 0 Å². The van der Waals surface area contributed by atoms with E-state index < -0.39 is 0 Å². The van der Waals surface area contributed by atoms with Crippen LogP contribution in [0.25, 0.3) is 96.3 Å². The van der Waals surface area contributed by atoms with Crippen molar-refractivity contribution in [2.75, 3.05) is 0 Å². The van der Waals surface area contributed by atoms with Crippen LogP contribution in [0.2, 0.25) is 0 Å². The van der Waals surface area contributed by atoms with Crippen molar-refractivity contribution >= 4 is 29.0 Å². The molecular weight excluding hydrogens is 705 g/mol. The Kier molecular flexibility index (Phi) is 10.4. The second-order valence-corrected chi connectivity index (χ2v) is 14.2. The molecule has 0 radical (unpaired) electrons. The number of aromatic nitrogens is 4. The first-order valence-corrected chi connectivity index (χ1v) is 19.6. The third kappa shape index (κ3) is 7.77. The molecule has 0 bridgehead atoms. The average molecular weight is 745 g/mol. The molecule has 0 atom stereocenters. The first-order chi connectivity index (χ1) is 28.7. The molecule has 0 fully saturated rings. The van der Waals surface area contributed by atoms with Gasteiger partial charge in [0, 0.05) is 23.5 Å². The van der Waals surface area contributed by atoms with Crippen LogP contribution >= 0.6 is 0 Å². The zero-order valence-corrected chi connectivity index (χ0v) is 32.2. The summed E-state index contributed by atoms with van der Waals surface area (Å²) in [6.07, 6.45) is 25.5. The molecule has 0 unspecified atom stereocenters. The minimum absolute atomic E-state index is 0.587. The highest BCUT2D eigenvalue weighted by atomic mass is 15.0. The zero-order valence-electron chi connectivity index (χ0n) is 32.2. The molecule has 4 heteroatoms. The molecule has 1 aliphatic carbocycles. The summed E-state index contributed by atoms with van der Waals surface area (Å²) in [5, 5.41) is 2.52. The summed E-state index contributed by atoms with van der Waals surface area (Å²) >= 11 is 0. The molecule has 4 nitrogen and oxygen atoms in total. The van der Waals surface area contributed by atoms with E-state index in [1.165, 1.54) is 33.0 Å². The molecule has 0 saturated heterocycles. The average Bonchev–Trinajstić information content (AvgIpc) is 3.55. The van der Waals surface area contributed by atoms with Gasteiger partial charge in [0.2, 0.25) is 0 Å². The number of nitrogens with zero attached hydrogens (tertiary/aromatic N) is 4. The summed E-state index contributed by atoms with van der Waals surface area (Å²) in [6.45, 7) is 2.00. The van der Waals surface area contributed by atoms with Gasteiger partial charge in [-0.15, -0.1) is 0 Å². The molecule has 58 heavy (non-hydrogen) atoms. The Morgan fingerprint density at radius 2 is 1.07 bits per heavy atom. The van der Waals surface area contributed by atoms with E-state index in [1.54, 1.807) is 6.20 Å². The fourth-order valence-electron chi connectivity index (χ4n) is 7.46. The third-order valence-electron chi connectivity index (χ3n) is 10.4. The van der Waals surface area contributed by atoms with Crippen LogP contribution in [0, 0.1) is 0 Å². The van der Waals surface area contributed by atoms with Gasteiger partial charge in [-0.25, -0.2) is 15.0 Å². The Morgan fingerprint density at radius 3 is 1.78 bits per heavy atom. The minimum Gasteiger partial charge on any atom is -0.264 e. The van der Waals surface area contributed by atoms with Crippen molar-refractivity contribution in [1.29, 1.82) is 0 Å². The standard InChI is InChI=1S/C54H40N4/c1-2-3-4-5-12-23-52-56-53(42-16-8-6-9-17-42)58-54(57-52)47-34-45(39-26-24-38(25-27-39)44-19-15-32-55-37-44)33-46(35-47)40-28-30-41(31-29-40)51-36-43-18-10-7-11-20-48(43)49-21-13-14-22-50(49)51/h2-6,8-37H,7H2,1H3/b3-2-,5-4-,23-12+. The monoisotopic (exact) mass is 744 g/mol. The number of allylic oxidation sites excluding steroid dienone is 7. The first kappa shape index (κ1) is 36.1. The summed E-state index contributed by atoms with van der Waals surface area (Å²) in [5.41, 5.74) is 13.3. The van der Waals surface area contributed by atoms with E-state index in [2.05, 4.69) is 132 Å². The molecule has 0 saturated carbocycles. The molecule has 0 amide bonds.